The molecule has 7 heteroatoms. The maximum absolute atomic E-state index is 12.5. The van der Waals surface area contributed by atoms with Crippen LogP contribution in [0.1, 0.15) is 31.0 Å². The van der Waals surface area contributed by atoms with E-state index in [2.05, 4.69) is 21.9 Å². The number of hydrogen-bond acceptors (Lipinski definition) is 4. The summed E-state index contributed by atoms with van der Waals surface area (Å²) in [5, 5.41) is 5.46. The molecule has 2 aliphatic rings. The van der Waals surface area contributed by atoms with Crippen LogP contribution in [0.4, 0.5) is 11.5 Å². The van der Waals surface area contributed by atoms with Gasteiger partial charge in [0.1, 0.15) is 5.82 Å². The van der Waals surface area contributed by atoms with Crippen molar-refractivity contribution < 1.29 is 4.79 Å². The van der Waals surface area contributed by atoms with Gasteiger partial charge < -0.3 is 4.90 Å². The number of anilines is 2. The molecule has 1 aliphatic carbocycles. The Morgan fingerprint density at radius 1 is 1.10 bits per heavy atom. The molecule has 1 saturated heterocycles. The Kier molecular flexibility index (Phi) is 6.11. The highest BCUT2D eigenvalue weighted by Crippen LogP contribution is 2.30. The van der Waals surface area contributed by atoms with Crippen LogP contribution in [-0.4, -0.2) is 59.9 Å². The zero-order valence-corrected chi connectivity index (χ0v) is 18.2. The number of aryl methyl sites for hydroxylation is 2. The number of piperazine rings is 1. The highest BCUT2D eigenvalue weighted by atomic mass is 35.5. The maximum atomic E-state index is 12.5. The number of hydrogen-bond donors (Lipinski definition) is 0. The van der Waals surface area contributed by atoms with Crippen LogP contribution < -0.4 is 9.80 Å². The van der Waals surface area contributed by atoms with Gasteiger partial charge in [-0.25, -0.2) is 0 Å². The van der Waals surface area contributed by atoms with Crippen LogP contribution in [0.15, 0.2) is 24.3 Å². The topological polar surface area (TPSA) is 44.6 Å². The van der Waals surface area contributed by atoms with E-state index in [9.17, 15) is 4.79 Å². The van der Waals surface area contributed by atoms with E-state index in [1.807, 2.05) is 28.8 Å². The van der Waals surface area contributed by atoms with Crippen molar-refractivity contribution in [2.45, 2.75) is 32.6 Å². The molecule has 0 N–H and O–H groups in total. The molecule has 1 aliphatic heterocycles. The molecule has 0 radical (unpaired) electrons. The van der Waals surface area contributed by atoms with Gasteiger partial charge in [0.15, 0.2) is 0 Å². The second kappa shape index (κ2) is 8.76. The summed E-state index contributed by atoms with van der Waals surface area (Å²) in [6, 6.07) is 8.06. The van der Waals surface area contributed by atoms with E-state index in [0.29, 0.717) is 6.54 Å². The zero-order chi connectivity index (χ0) is 20.4. The van der Waals surface area contributed by atoms with Crippen molar-refractivity contribution in [2.24, 2.45) is 7.05 Å². The summed E-state index contributed by atoms with van der Waals surface area (Å²) in [6.45, 7) is 7.23. The number of aromatic nitrogens is 2. The molecule has 1 fully saturated rings. The lowest BCUT2D eigenvalue weighted by Gasteiger charge is -2.37. The minimum absolute atomic E-state index is 0.0983. The summed E-state index contributed by atoms with van der Waals surface area (Å²) in [4.78, 5) is 19.2. The van der Waals surface area contributed by atoms with Crippen molar-refractivity contribution in [3.8, 4) is 0 Å². The second-order valence-electron chi connectivity index (χ2n) is 8.06. The molecule has 0 atom stereocenters. The van der Waals surface area contributed by atoms with Gasteiger partial charge in [-0.3, -0.25) is 19.3 Å². The first-order chi connectivity index (χ1) is 14.0. The summed E-state index contributed by atoms with van der Waals surface area (Å²) in [6.07, 6.45) is 4.44. The Hall–Kier alpha value is -2.05. The van der Waals surface area contributed by atoms with Crippen LogP contribution >= 0.6 is 11.6 Å². The summed E-state index contributed by atoms with van der Waals surface area (Å²) in [5.74, 6) is 1.10. The Bertz CT molecular complexity index is 855. The smallest absolute Gasteiger partial charge is 0.225 e. The monoisotopic (exact) mass is 415 g/mol. The average Bonchev–Trinajstić information content (AvgIpc) is 3.05. The van der Waals surface area contributed by atoms with E-state index in [0.717, 1.165) is 56.4 Å². The summed E-state index contributed by atoms with van der Waals surface area (Å²) in [7, 11) is 1.97. The Labute approximate surface area is 178 Å². The predicted octanol–water partition coefficient (Wildman–Crippen LogP) is 3.13. The molecule has 2 aromatic rings. The minimum Gasteiger partial charge on any atom is -0.369 e. The van der Waals surface area contributed by atoms with Crippen LogP contribution in [0.2, 0.25) is 5.02 Å². The van der Waals surface area contributed by atoms with Crippen LogP contribution in [0.25, 0.3) is 0 Å². The summed E-state index contributed by atoms with van der Waals surface area (Å²) < 4.78 is 1.91. The molecule has 0 saturated carbocycles. The van der Waals surface area contributed by atoms with Crippen LogP contribution in [0.3, 0.4) is 0 Å². The molecule has 0 bridgehead atoms. The predicted molar refractivity (Wildman–Crippen MR) is 118 cm³/mol. The highest BCUT2D eigenvalue weighted by molar-refractivity contribution is 6.30. The fraction of sp³-hybridized carbons (Fsp3) is 0.545. The van der Waals surface area contributed by atoms with Crippen LogP contribution in [-0.2, 0) is 24.7 Å². The first-order valence-corrected chi connectivity index (χ1v) is 11.0. The molecule has 1 amide bonds. The van der Waals surface area contributed by atoms with Gasteiger partial charge >= 0.3 is 0 Å². The third-order valence-corrected chi connectivity index (χ3v) is 6.38. The van der Waals surface area contributed by atoms with Gasteiger partial charge in [-0.2, -0.15) is 5.10 Å². The molecular weight excluding hydrogens is 386 g/mol. The van der Waals surface area contributed by atoms with Gasteiger partial charge in [0, 0.05) is 69.5 Å². The lowest BCUT2D eigenvalue weighted by Crippen LogP contribution is -2.49. The van der Waals surface area contributed by atoms with Crippen molar-refractivity contribution in [2.75, 3.05) is 49.1 Å². The SMILES string of the molecule is CC(=O)N(CCN1CCN(c2ccc(Cl)cc2)CC1)c1c2c(nn1C)CCCC2. The van der Waals surface area contributed by atoms with E-state index in [1.165, 1.54) is 29.8 Å². The van der Waals surface area contributed by atoms with Gasteiger partial charge in [-0.1, -0.05) is 11.6 Å². The van der Waals surface area contributed by atoms with E-state index in [-0.39, 0.29) is 5.91 Å². The van der Waals surface area contributed by atoms with Crippen LogP contribution in [0, 0.1) is 0 Å². The van der Waals surface area contributed by atoms with Gasteiger partial charge in [-0.15, -0.1) is 0 Å². The Morgan fingerprint density at radius 2 is 1.79 bits per heavy atom. The quantitative estimate of drug-likeness (QED) is 0.752. The molecule has 29 heavy (non-hydrogen) atoms. The first kappa shape index (κ1) is 20.2. The van der Waals surface area contributed by atoms with E-state index in [1.54, 1.807) is 6.92 Å². The first-order valence-electron chi connectivity index (χ1n) is 10.6. The molecule has 2 heterocycles. The molecule has 156 valence electrons. The fourth-order valence-corrected chi connectivity index (χ4v) is 4.66. The van der Waals surface area contributed by atoms with Gasteiger partial charge in [-0.05, 0) is 49.9 Å². The van der Waals surface area contributed by atoms with E-state index >= 15 is 0 Å². The largest absolute Gasteiger partial charge is 0.369 e. The summed E-state index contributed by atoms with van der Waals surface area (Å²) in [5.41, 5.74) is 3.68. The number of nitrogens with zero attached hydrogens (tertiary/aromatic N) is 5. The Balaban J connectivity index is 1.37. The molecule has 1 aromatic heterocycles. The van der Waals surface area contributed by atoms with E-state index in [4.69, 9.17) is 16.7 Å². The third kappa shape index (κ3) is 4.43. The zero-order valence-electron chi connectivity index (χ0n) is 17.4. The van der Waals surface area contributed by atoms with Crippen molar-refractivity contribution in [1.82, 2.24) is 14.7 Å². The normalized spacial score (nSPS) is 17.3. The number of benzene rings is 1. The Morgan fingerprint density at radius 3 is 2.48 bits per heavy atom. The number of carbonyl (C=O) groups is 1. The standard InChI is InChI=1S/C22H30ClN5O/c1-17(29)28(22-20-5-3-4-6-21(20)24-25(22)2)16-13-26-11-14-27(15-12-26)19-9-7-18(23)8-10-19/h7-10H,3-6,11-16H2,1-2H3. The fourth-order valence-electron chi connectivity index (χ4n) is 4.54. The average molecular weight is 416 g/mol. The molecule has 6 nitrogen and oxygen atoms in total. The second-order valence-corrected chi connectivity index (χ2v) is 8.49. The van der Waals surface area contributed by atoms with Crippen molar-refractivity contribution >= 4 is 29.0 Å². The van der Waals surface area contributed by atoms with Crippen LogP contribution in [0.5, 0.6) is 0 Å². The third-order valence-electron chi connectivity index (χ3n) is 6.13. The number of carbonyl (C=O) groups excluding carboxylic acids is 1. The molecule has 4 rings (SSSR count). The van der Waals surface area contributed by atoms with Crippen molar-refractivity contribution in [1.29, 1.82) is 0 Å². The number of rotatable bonds is 5. The maximum Gasteiger partial charge on any atom is 0.225 e. The summed E-state index contributed by atoms with van der Waals surface area (Å²) >= 11 is 6.00. The lowest BCUT2D eigenvalue weighted by molar-refractivity contribution is -0.116. The molecule has 1 aromatic carbocycles. The van der Waals surface area contributed by atoms with Gasteiger partial charge in [0.25, 0.3) is 0 Å². The highest BCUT2D eigenvalue weighted by Gasteiger charge is 2.26. The minimum atomic E-state index is 0.0983. The molecular formula is C22H30ClN5O. The molecule has 0 spiro atoms. The lowest BCUT2D eigenvalue weighted by atomic mass is 9.97. The van der Waals surface area contributed by atoms with Crippen molar-refractivity contribution in [3.63, 3.8) is 0 Å². The van der Waals surface area contributed by atoms with E-state index < -0.39 is 0 Å². The number of fused-ring (bicyclic) bond motifs is 1. The van der Waals surface area contributed by atoms with Crippen molar-refractivity contribution in [3.05, 3.63) is 40.5 Å². The number of amides is 1. The van der Waals surface area contributed by atoms with Gasteiger partial charge in [0.05, 0.1) is 5.69 Å². The molecule has 0 unspecified atom stereocenters. The van der Waals surface area contributed by atoms with Gasteiger partial charge in [0.2, 0.25) is 5.91 Å². The number of halogens is 1.